The van der Waals surface area contributed by atoms with Gasteiger partial charge in [0.15, 0.2) is 5.60 Å². The van der Waals surface area contributed by atoms with Gasteiger partial charge in [-0.15, -0.1) is 6.58 Å². The Morgan fingerprint density at radius 2 is 2.14 bits per heavy atom. The maximum absolute atomic E-state index is 11.2. The van der Waals surface area contributed by atoms with Crippen molar-refractivity contribution in [3.63, 3.8) is 0 Å². The quantitative estimate of drug-likeness (QED) is 0.491. The molecule has 0 aliphatic carbocycles. The first-order chi connectivity index (χ1) is 6.37. The lowest BCUT2D eigenvalue weighted by Crippen LogP contribution is -2.46. The molecular formula is C9H14O5. The van der Waals surface area contributed by atoms with Gasteiger partial charge in [0.25, 0.3) is 0 Å². The summed E-state index contributed by atoms with van der Waals surface area (Å²) in [5, 5.41) is 18.1. The van der Waals surface area contributed by atoms with Gasteiger partial charge in [0.05, 0.1) is 6.61 Å². The predicted octanol–water partition coefficient (Wildman–Crippen LogP) is 0.187. The molecule has 0 rings (SSSR count). The first kappa shape index (κ1) is 12.6. The van der Waals surface area contributed by atoms with Crippen LogP contribution < -0.4 is 0 Å². The Kier molecular flexibility index (Phi) is 4.30. The topological polar surface area (TPSA) is 83.8 Å². The molecule has 0 saturated heterocycles. The molecule has 2 atom stereocenters. The van der Waals surface area contributed by atoms with Crippen molar-refractivity contribution in [2.45, 2.75) is 19.4 Å². The Labute approximate surface area is 82.0 Å². The van der Waals surface area contributed by atoms with E-state index in [4.69, 9.17) is 5.11 Å². The number of carboxylic acids is 1. The standard InChI is InChI=1S/C9H14O5/c1-4-6(7(10)14-5-2)9(3,13)8(11)12/h4,6,13H,1,5H2,2-3H3,(H,11,12). The number of carbonyl (C=O) groups excluding carboxylic acids is 1. The van der Waals surface area contributed by atoms with E-state index in [-0.39, 0.29) is 6.61 Å². The summed E-state index contributed by atoms with van der Waals surface area (Å²) < 4.78 is 4.60. The highest BCUT2D eigenvalue weighted by Gasteiger charge is 2.43. The molecule has 0 amide bonds. The maximum atomic E-state index is 11.2. The van der Waals surface area contributed by atoms with Gasteiger partial charge in [-0.25, -0.2) is 4.79 Å². The van der Waals surface area contributed by atoms with Gasteiger partial charge in [0.1, 0.15) is 5.92 Å². The summed E-state index contributed by atoms with van der Waals surface area (Å²) >= 11 is 0. The van der Waals surface area contributed by atoms with Crippen LogP contribution in [0.15, 0.2) is 12.7 Å². The van der Waals surface area contributed by atoms with E-state index in [9.17, 15) is 14.7 Å². The number of carboxylic acid groups (broad SMARTS) is 1. The van der Waals surface area contributed by atoms with Crippen LogP contribution in [0.2, 0.25) is 0 Å². The summed E-state index contributed by atoms with van der Waals surface area (Å²) in [6.45, 7) is 6.03. The molecule has 0 aromatic rings. The van der Waals surface area contributed by atoms with Crippen LogP contribution in [-0.4, -0.2) is 34.4 Å². The van der Waals surface area contributed by atoms with Gasteiger partial charge in [-0.1, -0.05) is 6.08 Å². The van der Waals surface area contributed by atoms with Crippen molar-refractivity contribution in [3.8, 4) is 0 Å². The SMILES string of the molecule is C=CC(C(=O)OCC)C(C)(O)C(=O)O. The number of hydrogen-bond acceptors (Lipinski definition) is 4. The Morgan fingerprint density at radius 1 is 1.64 bits per heavy atom. The Balaban J connectivity index is 4.80. The van der Waals surface area contributed by atoms with Crippen molar-refractivity contribution >= 4 is 11.9 Å². The smallest absolute Gasteiger partial charge is 0.336 e. The molecule has 0 fully saturated rings. The van der Waals surface area contributed by atoms with E-state index in [1.54, 1.807) is 6.92 Å². The Bertz CT molecular complexity index is 244. The fourth-order valence-electron chi connectivity index (χ4n) is 0.920. The predicted molar refractivity (Wildman–Crippen MR) is 48.6 cm³/mol. The monoisotopic (exact) mass is 202 g/mol. The zero-order valence-corrected chi connectivity index (χ0v) is 8.19. The van der Waals surface area contributed by atoms with Crippen LogP contribution in [0.25, 0.3) is 0 Å². The van der Waals surface area contributed by atoms with Crippen molar-refractivity contribution in [2.24, 2.45) is 5.92 Å². The molecule has 0 aromatic heterocycles. The molecule has 2 N–H and O–H groups in total. The van der Waals surface area contributed by atoms with E-state index >= 15 is 0 Å². The van der Waals surface area contributed by atoms with E-state index < -0.39 is 23.5 Å². The van der Waals surface area contributed by atoms with Gasteiger partial charge in [0, 0.05) is 0 Å². The van der Waals surface area contributed by atoms with Crippen LogP contribution in [0.4, 0.5) is 0 Å². The third-order valence-corrected chi connectivity index (χ3v) is 1.81. The number of ether oxygens (including phenoxy) is 1. The number of esters is 1. The molecule has 80 valence electrons. The molecule has 14 heavy (non-hydrogen) atoms. The highest BCUT2D eigenvalue weighted by atomic mass is 16.5. The van der Waals surface area contributed by atoms with Crippen molar-refractivity contribution in [3.05, 3.63) is 12.7 Å². The normalized spacial score (nSPS) is 16.5. The third-order valence-electron chi connectivity index (χ3n) is 1.81. The number of hydrogen-bond donors (Lipinski definition) is 2. The molecule has 5 heteroatoms. The number of carbonyl (C=O) groups is 2. The lowest BCUT2D eigenvalue weighted by Gasteiger charge is -2.24. The molecule has 0 saturated carbocycles. The van der Waals surface area contributed by atoms with Gasteiger partial charge >= 0.3 is 11.9 Å². The summed E-state index contributed by atoms with van der Waals surface area (Å²) in [7, 11) is 0. The minimum Gasteiger partial charge on any atom is -0.479 e. The lowest BCUT2D eigenvalue weighted by atomic mass is 9.89. The number of aliphatic hydroxyl groups is 1. The first-order valence-corrected chi connectivity index (χ1v) is 4.12. The van der Waals surface area contributed by atoms with Crippen molar-refractivity contribution in [2.75, 3.05) is 6.61 Å². The Morgan fingerprint density at radius 3 is 2.43 bits per heavy atom. The summed E-state index contributed by atoms with van der Waals surface area (Å²) in [5.74, 6) is -3.55. The highest BCUT2D eigenvalue weighted by molar-refractivity contribution is 5.87. The van der Waals surface area contributed by atoms with Crippen LogP contribution in [-0.2, 0) is 14.3 Å². The third kappa shape index (κ3) is 2.56. The maximum Gasteiger partial charge on any atom is 0.336 e. The summed E-state index contributed by atoms with van der Waals surface area (Å²) in [5.41, 5.74) is -2.19. The van der Waals surface area contributed by atoms with Crippen molar-refractivity contribution < 1.29 is 24.5 Å². The molecule has 5 nitrogen and oxygen atoms in total. The fourth-order valence-corrected chi connectivity index (χ4v) is 0.920. The number of rotatable bonds is 5. The molecular weight excluding hydrogens is 188 g/mol. The van der Waals surface area contributed by atoms with Gasteiger partial charge in [-0.3, -0.25) is 4.79 Å². The molecule has 0 aliphatic heterocycles. The van der Waals surface area contributed by atoms with Crippen molar-refractivity contribution in [1.29, 1.82) is 0 Å². The summed E-state index contributed by atoms with van der Waals surface area (Å²) in [4.78, 5) is 21.8. The minimum absolute atomic E-state index is 0.124. The first-order valence-electron chi connectivity index (χ1n) is 4.12. The largest absolute Gasteiger partial charge is 0.479 e. The van der Waals surface area contributed by atoms with E-state index in [0.717, 1.165) is 13.0 Å². The van der Waals surface area contributed by atoms with Crippen LogP contribution in [0.1, 0.15) is 13.8 Å². The van der Waals surface area contributed by atoms with Crippen molar-refractivity contribution in [1.82, 2.24) is 0 Å². The second-order valence-corrected chi connectivity index (χ2v) is 2.92. The van der Waals surface area contributed by atoms with Gasteiger partial charge < -0.3 is 14.9 Å². The molecule has 0 bridgehead atoms. The molecule has 0 aromatic carbocycles. The molecule has 0 heterocycles. The average Bonchev–Trinajstić information content (AvgIpc) is 2.04. The average molecular weight is 202 g/mol. The van der Waals surface area contributed by atoms with Gasteiger partial charge in [-0.2, -0.15) is 0 Å². The molecule has 2 unspecified atom stereocenters. The molecule has 0 spiro atoms. The highest BCUT2D eigenvalue weighted by Crippen LogP contribution is 2.20. The molecule has 0 aliphatic rings. The zero-order valence-electron chi connectivity index (χ0n) is 8.19. The fraction of sp³-hybridized carbons (Fsp3) is 0.556. The number of aliphatic carboxylic acids is 1. The molecule has 0 radical (unpaired) electrons. The van der Waals surface area contributed by atoms with Crippen LogP contribution in [0.3, 0.4) is 0 Å². The summed E-state index contributed by atoms with van der Waals surface area (Å²) in [6, 6.07) is 0. The van der Waals surface area contributed by atoms with Crippen LogP contribution in [0.5, 0.6) is 0 Å². The second kappa shape index (κ2) is 4.76. The van der Waals surface area contributed by atoms with Crippen LogP contribution >= 0.6 is 0 Å². The van der Waals surface area contributed by atoms with Gasteiger partial charge in [0.2, 0.25) is 0 Å². The van der Waals surface area contributed by atoms with E-state index in [2.05, 4.69) is 11.3 Å². The van der Waals surface area contributed by atoms with Gasteiger partial charge in [-0.05, 0) is 13.8 Å². The Hall–Kier alpha value is -1.36. The minimum atomic E-state index is -2.19. The second-order valence-electron chi connectivity index (χ2n) is 2.92. The van der Waals surface area contributed by atoms with E-state index in [0.29, 0.717) is 0 Å². The van der Waals surface area contributed by atoms with Crippen LogP contribution in [0, 0.1) is 5.92 Å². The summed E-state index contributed by atoms with van der Waals surface area (Å²) in [6.07, 6.45) is 1.06. The van der Waals surface area contributed by atoms with E-state index in [1.807, 2.05) is 0 Å². The lowest BCUT2D eigenvalue weighted by molar-refractivity contribution is -0.171. The van der Waals surface area contributed by atoms with E-state index in [1.165, 1.54) is 0 Å². The zero-order chi connectivity index (χ0) is 11.4.